The van der Waals surface area contributed by atoms with Crippen molar-refractivity contribution in [1.82, 2.24) is 0 Å². The lowest BCUT2D eigenvalue weighted by molar-refractivity contribution is -0.113. The van der Waals surface area contributed by atoms with Crippen LogP contribution in [-0.4, -0.2) is 24.4 Å². The molecule has 1 heterocycles. The van der Waals surface area contributed by atoms with Crippen LogP contribution in [0.5, 0.6) is 11.5 Å². The van der Waals surface area contributed by atoms with E-state index in [1.807, 2.05) is 36.4 Å². The highest BCUT2D eigenvalue weighted by Gasteiger charge is 2.16. The summed E-state index contributed by atoms with van der Waals surface area (Å²) in [6.45, 7) is 0.378. The lowest BCUT2D eigenvalue weighted by atomic mass is 10.2. The molecule has 0 saturated heterocycles. The summed E-state index contributed by atoms with van der Waals surface area (Å²) in [5.74, 6) is 0.805. The van der Waals surface area contributed by atoms with Crippen LogP contribution in [0.2, 0.25) is 0 Å². The molecule has 0 radical (unpaired) electrons. The maximum atomic E-state index is 12.5. The first kappa shape index (κ1) is 19.8. The van der Waals surface area contributed by atoms with E-state index in [1.165, 1.54) is 11.8 Å². The van der Waals surface area contributed by atoms with Crippen molar-refractivity contribution >= 4 is 29.3 Å². The zero-order chi connectivity index (χ0) is 20.8. The van der Waals surface area contributed by atoms with Crippen LogP contribution in [0.3, 0.4) is 0 Å². The van der Waals surface area contributed by atoms with Gasteiger partial charge in [0, 0.05) is 16.6 Å². The molecular weight excluding hydrogens is 402 g/mol. The van der Waals surface area contributed by atoms with Crippen LogP contribution in [0.4, 0.5) is 5.69 Å². The van der Waals surface area contributed by atoms with E-state index < -0.39 is 5.97 Å². The SMILES string of the molecule is O=C(CSc1ccccc1C(=O)OCc1ccccc1)Nc1ccc2c(c1)OCO2. The molecule has 0 fully saturated rings. The Morgan fingerprint density at radius 1 is 0.933 bits per heavy atom. The predicted octanol–water partition coefficient (Wildman–Crippen LogP) is 4.50. The first-order chi connectivity index (χ1) is 14.7. The summed E-state index contributed by atoms with van der Waals surface area (Å²) >= 11 is 1.28. The van der Waals surface area contributed by atoms with Gasteiger partial charge in [0.05, 0.1) is 11.3 Å². The van der Waals surface area contributed by atoms with Gasteiger partial charge in [0.1, 0.15) is 6.61 Å². The van der Waals surface area contributed by atoms with Crippen molar-refractivity contribution in [2.45, 2.75) is 11.5 Å². The Morgan fingerprint density at radius 3 is 2.57 bits per heavy atom. The highest BCUT2D eigenvalue weighted by atomic mass is 32.2. The molecule has 0 atom stereocenters. The molecule has 0 spiro atoms. The molecule has 1 N–H and O–H groups in total. The van der Waals surface area contributed by atoms with Crippen molar-refractivity contribution in [3.63, 3.8) is 0 Å². The molecule has 3 aromatic carbocycles. The molecule has 3 aromatic rings. The van der Waals surface area contributed by atoms with E-state index >= 15 is 0 Å². The van der Waals surface area contributed by atoms with Gasteiger partial charge in [0.2, 0.25) is 12.7 Å². The van der Waals surface area contributed by atoms with Gasteiger partial charge >= 0.3 is 5.97 Å². The van der Waals surface area contributed by atoms with Crippen molar-refractivity contribution in [2.24, 2.45) is 0 Å². The molecular formula is C23H19NO5S. The number of esters is 1. The molecule has 6 nitrogen and oxygen atoms in total. The summed E-state index contributed by atoms with van der Waals surface area (Å²) in [5.41, 5.74) is 1.98. The van der Waals surface area contributed by atoms with E-state index in [-0.39, 0.29) is 25.1 Å². The molecule has 0 aromatic heterocycles. The van der Waals surface area contributed by atoms with Crippen molar-refractivity contribution in [2.75, 3.05) is 17.9 Å². The van der Waals surface area contributed by atoms with E-state index in [9.17, 15) is 9.59 Å². The van der Waals surface area contributed by atoms with Crippen molar-refractivity contribution in [3.8, 4) is 11.5 Å². The Morgan fingerprint density at radius 2 is 1.70 bits per heavy atom. The van der Waals surface area contributed by atoms with Crippen molar-refractivity contribution < 1.29 is 23.8 Å². The zero-order valence-corrected chi connectivity index (χ0v) is 16.8. The second-order valence-electron chi connectivity index (χ2n) is 6.46. The number of fused-ring (bicyclic) bond motifs is 1. The first-order valence-corrected chi connectivity index (χ1v) is 10.3. The first-order valence-electron chi connectivity index (χ1n) is 9.31. The van der Waals surface area contributed by atoms with Gasteiger partial charge in [-0.25, -0.2) is 4.79 Å². The molecule has 152 valence electrons. The van der Waals surface area contributed by atoms with E-state index in [2.05, 4.69) is 5.32 Å². The summed E-state index contributed by atoms with van der Waals surface area (Å²) in [6, 6.07) is 21.8. The average molecular weight is 421 g/mol. The topological polar surface area (TPSA) is 73.9 Å². The number of hydrogen-bond acceptors (Lipinski definition) is 6. The Balaban J connectivity index is 1.34. The van der Waals surface area contributed by atoms with Crippen molar-refractivity contribution in [3.05, 3.63) is 83.9 Å². The number of anilines is 1. The zero-order valence-electron chi connectivity index (χ0n) is 16.0. The lowest BCUT2D eigenvalue weighted by Crippen LogP contribution is -2.14. The summed E-state index contributed by atoms with van der Waals surface area (Å²) < 4.78 is 16.0. The fourth-order valence-corrected chi connectivity index (χ4v) is 3.72. The highest BCUT2D eigenvalue weighted by Crippen LogP contribution is 2.34. The molecule has 0 unspecified atom stereocenters. The third-order valence-electron chi connectivity index (χ3n) is 4.33. The van der Waals surface area contributed by atoms with Crippen LogP contribution in [0.25, 0.3) is 0 Å². The highest BCUT2D eigenvalue weighted by molar-refractivity contribution is 8.00. The van der Waals surface area contributed by atoms with Crippen LogP contribution in [-0.2, 0) is 16.1 Å². The van der Waals surface area contributed by atoms with Gasteiger partial charge in [-0.1, -0.05) is 42.5 Å². The maximum absolute atomic E-state index is 12.5. The number of amides is 1. The summed E-state index contributed by atoms with van der Waals surface area (Å²) in [7, 11) is 0. The van der Waals surface area contributed by atoms with E-state index in [0.29, 0.717) is 27.6 Å². The number of carbonyl (C=O) groups is 2. The monoisotopic (exact) mass is 421 g/mol. The molecule has 30 heavy (non-hydrogen) atoms. The summed E-state index contributed by atoms with van der Waals surface area (Å²) in [5, 5.41) is 2.83. The standard InChI is InChI=1S/C23H19NO5S/c25-22(24-17-10-11-19-20(12-17)29-15-28-19)14-30-21-9-5-4-8-18(21)23(26)27-13-16-6-2-1-3-7-16/h1-12H,13-15H2,(H,24,25). The van der Waals surface area contributed by atoms with Crippen LogP contribution in [0.1, 0.15) is 15.9 Å². The minimum absolute atomic E-state index is 0.150. The molecule has 1 aliphatic heterocycles. The van der Waals surface area contributed by atoms with E-state index in [0.717, 1.165) is 5.56 Å². The molecule has 1 aliphatic rings. The molecule has 0 bridgehead atoms. The molecule has 4 rings (SSSR count). The van der Waals surface area contributed by atoms with E-state index in [1.54, 1.807) is 36.4 Å². The number of nitrogens with one attached hydrogen (secondary N) is 1. The normalized spacial score (nSPS) is 11.7. The van der Waals surface area contributed by atoms with E-state index in [4.69, 9.17) is 14.2 Å². The molecule has 1 amide bonds. The maximum Gasteiger partial charge on any atom is 0.339 e. The van der Waals surface area contributed by atoms with Crippen LogP contribution >= 0.6 is 11.8 Å². The summed E-state index contributed by atoms with van der Waals surface area (Å²) in [4.78, 5) is 25.6. The Kier molecular flexibility index (Phi) is 6.20. The van der Waals surface area contributed by atoms with Gasteiger partial charge in [-0.15, -0.1) is 11.8 Å². The minimum atomic E-state index is -0.418. The Bertz CT molecular complexity index is 1050. The van der Waals surface area contributed by atoms with Gasteiger partial charge in [0.15, 0.2) is 11.5 Å². The second-order valence-corrected chi connectivity index (χ2v) is 7.48. The second kappa shape index (κ2) is 9.37. The van der Waals surface area contributed by atoms with Gasteiger partial charge in [-0.2, -0.15) is 0 Å². The minimum Gasteiger partial charge on any atom is -0.457 e. The molecule has 7 heteroatoms. The number of thioether (sulfide) groups is 1. The number of rotatable bonds is 7. The smallest absolute Gasteiger partial charge is 0.339 e. The Hall–Kier alpha value is -3.45. The summed E-state index contributed by atoms with van der Waals surface area (Å²) in [6.07, 6.45) is 0. The lowest BCUT2D eigenvalue weighted by Gasteiger charge is -2.10. The van der Waals surface area contributed by atoms with Crippen LogP contribution < -0.4 is 14.8 Å². The Labute approximate surface area is 178 Å². The van der Waals surface area contributed by atoms with Crippen LogP contribution in [0.15, 0.2) is 77.7 Å². The number of benzene rings is 3. The number of carbonyl (C=O) groups excluding carboxylic acids is 2. The number of ether oxygens (including phenoxy) is 3. The quantitative estimate of drug-likeness (QED) is 0.447. The third kappa shape index (κ3) is 4.93. The predicted molar refractivity (Wildman–Crippen MR) is 114 cm³/mol. The number of hydrogen-bond donors (Lipinski definition) is 1. The molecule has 0 saturated carbocycles. The fourth-order valence-electron chi connectivity index (χ4n) is 2.88. The average Bonchev–Trinajstić information content (AvgIpc) is 3.25. The van der Waals surface area contributed by atoms with Gasteiger partial charge in [-0.3, -0.25) is 4.79 Å². The van der Waals surface area contributed by atoms with Crippen LogP contribution in [0, 0.1) is 0 Å². The van der Waals surface area contributed by atoms with Gasteiger partial charge in [0.25, 0.3) is 0 Å². The largest absolute Gasteiger partial charge is 0.457 e. The fraction of sp³-hybridized carbons (Fsp3) is 0.130. The van der Waals surface area contributed by atoms with Crippen molar-refractivity contribution in [1.29, 1.82) is 0 Å². The van der Waals surface area contributed by atoms with Gasteiger partial charge in [-0.05, 0) is 29.8 Å². The molecule has 0 aliphatic carbocycles. The third-order valence-corrected chi connectivity index (χ3v) is 5.41. The van der Waals surface area contributed by atoms with Gasteiger partial charge < -0.3 is 19.5 Å².